The molecule has 1 heterocycles. The summed E-state index contributed by atoms with van der Waals surface area (Å²) >= 11 is 3.65. The predicted octanol–water partition coefficient (Wildman–Crippen LogP) is 6.21. The van der Waals surface area contributed by atoms with Crippen LogP contribution in [-0.2, 0) is 22.4 Å². The smallest absolute Gasteiger partial charge is 0.252 e. The van der Waals surface area contributed by atoms with Crippen LogP contribution in [0, 0.1) is 5.82 Å². The topological polar surface area (TPSA) is 80.2 Å². The van der Waals surface area contributed by atoms with Gasteiger partial charge in [-0.2, -0.15) is 0 Å². The van der Waals surface area contributed by atoms with Crippen LogP contribution in [0.15, 0.2) is 113 Å². The summed E-state index contributed by atoms with van der Waals surface area (Å²) in [5, 5.41) is 12.1. The second-order valence-electron chi connectivity index (χ2n) is 10.1. The number of aliphatic hydroxyl groups excluding tert-OH is 1. The molecule has 4 aromatic carbocycles. The fourth-order valence-electron chi connectivity index (χ4n) is 5.01. The van der Waals surface area contributed by atoms with E-state index in [4.69, 9.17) is 19.6 Å². The van der Waals surface area contributed by atoms with Crippen molar-refractivity contribution in [2.75, 3.05) is 19.8 Å². The number of amides is 1. The second-order valence-corrected chi connectivity index (χ2v) is 11.0. The minimum Gasteiger partial charge on any atom is -0.494 e. The van der Waals surface area contributed by atoms with Gasteiger partial charge in [0.1, 0.15) is 11.6 Å². The van der Waals surface area contributed by atoms with Crippen molar-refractivity contribution in [1.82, 2.24) is 5.32 Å². The van der Waals surface area contributed by atoms with Gasteiger partial charge in [-0.1, -0.05) is 76.6 Å². The van der Waals surface area contributed by atoms with E-state index in [0.29, 0.717) is 43.2 Å². The van der Waals surface area contributed by atoms with Gasteiger partial charge in [0.2, 0.25) is 5.90 Å². The number of aliphatic imine (C=N–C) groups is 1. The number of aliphatic hydroxyl groups is 1. The normalized spacial score (nSPS) is 17.8. The van der Waals surface area contributed by atoms with Crippen LogP contribution in [0.4, 0.5) is 4.39 Å². The minimum absolute atomic E-state index is 0.0630. The summed E-state index contributed by atoms with van der Waals surface area (Å²) < 4.78 is 26.8. The van der Waals surface area contributed by atoms with Gasteiger partial charge in [0.05, 0.1) is 6.61 Å². The van der Waals surface area contributed by atoms with E-state index in [1.165, 1.54) is 12.1 Å². The van der Waals surface area contributed by atoms with Crippen molar-refractivity contribution in [2.45, 2.75) is 30.9 Å². The Morgan fingerprint density at radius 2 is 1.76 bits per heavy atom. The molecule has 0 bridgehead atoms. The lowest BCUT2D eigenvalue weighted by atomic mass is 9.82. The van der Waals surface area contributed by atoms with E-state index in [2.05, 4.69) is 21.2 Å². The minimum atomic E-state index is -1.32. The number of rotatable bonds is 12. The number of nitrogens with one attached hydrogen (secondary N) is 1. The number of ether oxygens (including phenoxy) is 2. The van der Waals surface area contributed by atoms with Crippen LogP contribution in [0.5, 0.6) is 5.75 Å². The van der Waals surface area contributed by atoms with Gasteiger partial charge in [0, 0.05) is 36.0 Å². The zero-order valence-corrected chi connectivity index (χ0v) is 24.6. The molecule has 4 aromatic rings. The molecule has 1 aliphatic rings. The van der Waals surface area contributed by atoms with Crippen LogP contribution in [-0.4, -0.2) is 42.2 Å². The number of hydrogen-bond acceptors (Lipinski definition) is 5. The molecule has 0 fully saturated rings. The monoisotopic (exact) mass is 630 g/mol. The number of carbonyl (C=O) groups excluding carboxylic acids is 1. The Labute approximate surface area is 253 Å². The fraction of sp³-hybridized carbons (Fsp3) is 0.235. The summed E-state index contributed by atoms with van der Waals surface area (Å²) in [5.41, 5.74) is 1.93. The molecule has 1 aliphatic heterocycles. The van der Waals surface area contributed by atoms with Crippen molar-refractivity contribution in [3.8, 4) is 5.75 Å². The Kier molecular flexibility index (Phi) is 9.66. The van der Waals surface area contributed by atoms with Gasteiger partial charge in [-0.05, 0) is 65.6 Å². The molecule has 0 aliphatic carbocycles. The van der Waals surface area contributed by atoms with Gasteiger partial charge in [-0.3, -0.25) is 4.79 Å². The highest BCUT2D eigenvalue weighted by atomic mass is 79.9. The molecule has 42 heavy (non-hydrogen) atoms. The van der Waals surface area contributed by atoms with Gasteiger partial charge in [0.25, 0.3) is 5.91 Å². The molecular weight excluding hydrogens is 599 g/mol. The first-order valence-corrected chi connectivity index (χ1v) is 14.7. The van der Waals surface area contributed by atoms with Crippen molar-refractivity contribution < 1.29 is 23.8 Å². The highest BCUT2D eigenvalue weighted by Gasteiger charge is 2.53. The SMILES string of the molecule is O=C(NCCc1cccc(F)c1)[C@]1(Cc2ccccc2Br)N=C(c2ccc(OCCCO)cc2)O[C@@H]1c1ccccc1. The number of halogens is 2. The summed E-state index contributed by atoms with van der Waals surface area (Å²) in [6.45, 7) is 0.786. The maximum atomic E-state index is 14.3. The van der Waals surface area contributed by atoms with E-state index in [-0.39, 0.29) is 24.8 Å². The number of hydrogen-bond donors (Lipinski definition) is 2. The molecule has 216 valence electrons. The van der Waals surface area contributed by atoms with Gasteiger partial charge in [0.15, 0.2) is 11.6 Å². The van der Waals surface area contributed by atoms with Crippen LogP contribution in [0.25, 0.3) is 0 Å². The van der Waals surface area contributed by atoms with Crippen molar-refractivity contribution in [3.63, 3.8) is 0 Å². The molecule has 2 N–H and O–H groups in total. The average molecular weight is 632 g/mol. The first-order chi connectivity index (χ1) is 20.5. The molecule has 0 saturated heterocycles. The Bertz CT molecular complexity index is 1530. The predicted molar refractivity (Wildman–Crippen MR) is 164 cm³/mol. The van der Waals surface area contributed by atoms with Crippen LogP contribution < -0.4 is 10.1 Å². The molecule has 2 atom stereocenters. The zero-order chi connectivity index (χ0) is 29.4. The molecule has 0 radical (unpaired) electrons. The molecule has 0 saturated carbocycles. The molecule has 0 unspecified atom stereocenters. The van der Waals surface area contributed by atoms with Crippen molar-refractivity contribution >= 4 is 27.7 Å². The molecule has 0 aromatic heterocycles. The summed E-state index contributed by atoms with van der Waals surface area (Å²) in [6.07, 6.45) is 0.601. The number of benzene rings is 4. The largest absolute Gasteiger partial charge is 0.494 e. The van der Waals surface area contributed by atoms with Crippen molar-refractivity contribution in [2.24, 2.45) is 4.99 Å². The summed E-state index contributed by atoms with van der Waals surface area (Å²) in [4.78, 5) is 19.3. The Balaban J connectivity index is 1.50. The van der Waals surface area contributed by atoms with Gasteiger partial charge in [-0.25, -0.2) is 9.38 Å². The van der Waals surface area contributed by atoms with Crippen molar-refractivity contribution in [3.05, 3.63) is 136 Å². The third-order valence-corrected chi connectivity index (χ3v) is 7.91. The maximum absolute atomic E-state index is 14.3. The van der Waals surface area contributed by atoms with E-state index < -0.39 is 11.6 Å². The molecule has 6 nitrogen and oxygen atoms in total. The number of nitrogens with zero attached hydrogens (tertiary/aromatic N) is 1. The lowest BCUT2D eigenvalue weighted by Crippen LogP contribution is -2.50. The first-order valence-electron chi connectivity index (χ1n) is 13.9. The van der Waals surface area contributed by atoms with E-state index >= 15 is 0 Å². The average Bonchev–Trinajstić information content (AvgIpc) is 3.40. The van der Waals surface area contributed by atoms with Crippen LogP contribution in [0.1, 0.15) is 34.8 Å². The second kappa shape index (κ2) is 13.8. The van der Waals surface area contributed by atoms with Crippen LogP contribution in [0.3, 0.4) is 0 Å². The lowest BCUT2D eigenvalue weighted by molar-refractivity contribution is -0.128. The summed E-state index contributed by atoms with van der Waals surface area (Å²) in [5.74, 6) is 0.442. The number of carbonyl (C=O) groups is 1. The molecule has 5 rings (SSSR count). The zero-order valence-electron chi connectivity index (χ0n) is 23.0. The van der Waals surface area contributed by atoms with Gasteiger partial charge >= 0.3 is 0 Å². The van der Waals surface area contributed by atoms with E-state index in [9.17, 15) is 9.18 Å². The molecule has 8 heteroatoms. The Hall–Kier alpha value is -4.01. The third-order valence-electron chi connectivity index (χ3n) is 7.14. The van der Waals surface area contributed by atoms with Gasteiger partial charge in [-0.15, -0.1) is 0 Å². The summed E-state index contributed by atoms with van der Waals surface area (Å²) in [7, 11) is 0. The van der Waals surface area contributed by atoms with E-state index in [0.717, 1.165) is 21.2 Å². The third kappa shape index (κ3) is 6.89. The van der Waals surface area contributed by atoms with Crippen molar-refractivity contribution in [1.29, 1.82) is 0 Å². The maximum Gasteiger partial charge on any atom is 0.252 e. The van der Waals surface area contributed by atoms with E-state index in [1.807, 2.05) is 84.9 Å². The molecular formula is C34H32BrFN2O4. The van der Waals surface area contributed by atoms with Gasteiger partial charge < -0.3 is 19.9 Å². The van der Waals surface area contributed by atoms with Crippen LogP contribution >= 0.6 is 15.9 Å². The highest BCUT2D eigenvalue weighted by molar-refractivity contribution is 9.10. The lowest BCUT2D eigenvalue weighted by Gasteiger charge is -2.31. The molecule has 1 amide bonds. The van der Waals surface area contributed by atoms with E-state index in [1.54, 1.807) is 6.07 Å². The summed E-state index contributed by atoms with van der Waals surface area (Å²) in [6, 6.07) is 31.1. The molecule has 0 spiro atoms. The Morgan fingerprint density at radius 1 is 1.00 bits per heavy atom. The van der Waals surface area contributed by atoms with Crippen LogP contribution in [0.2, 0.25) is 0 Å². The Morgan fingerprint density at radius 3 is 2.50 bits per heavy atom. The first kappa shape index (κ1) is 29.5. The standard InChI is InChI=1S/C34H32BrFN2O4/c35-30-13-5-4-11-27(30)23-34(33(40)37-19-18-24-8-6-12-28(36)22-24)31(25-9-2-1-3-10-25)42-32(38-34)26-14-16-29(17-15-26)41-21-7-20-39/h1-6,8-17,22,31,39H,7,18-21,23H2,(H,37,40)/t31-,34-/m1/s1. The quantitative estimate of drug-likeness (QED) is 0.182. The fourth-order valence-corrected chi connectivity index (χ4v) is 5.43. The highest BCUT2D eigenvalue weighted by Crippen LogP contribution is 2.43.